The second-order valence-electron chi connectivity index (χ2n) is 10.3. The van der Waals surface area contributed by atoms with Gasteiger partial charge in [-0.05, 0) is 25.7 Å². The molecule has 1 aliphatic rings. The molecule has 1 saturated heterocycles. The fourth-order valence-electron chi connectivity index (χ4n) is 4.64. The first kappa shape index (κ1) is 31.8. The third-order valence-corrected chi connectivity index (χ3v) is 6.90. The van der Waals surface area contributed by atoms with E-state index in [1.807, 2.05) is 0 Å². The molecule has 2 unspecified atom stereocenters. The number of rotatable bonds is 27. The van der Waals surface area contributed by atoms with E-state index < -0.39 is 0 Å². The molecule has 0 aromatic heterocycles. The molecule has 0 spiro atoms. The summed E-state index contributed by atoms with van der Waals surface area (Å²) in [6.45, 7) is 7.89. The molecular weight excluding hydrogens is 424 g/mol. The average molecular weight is 485 g/mol. The highest BCUT2D eigenvalue weighted by Crippen LogP contribution is 2.15. The molecule has 1 heterocycles. The molecule has 204 valence electrons. The van der Waals surface area contributed by atoms with E-state index in [-0.39, 0.29) is 6.41 Å². The standard InChI is InChI=1S/C29H60N2O3/c1-3-5-7-9-11-13-16-21-26-34-31-28(22-18-14-12-10-8-6-4-2)23-19-15-17-20-25-32-29-30-24-27-33-29/h28-31H,3-27H2,1-2H3. The number of hydroxylamine groups is 1. The summed E-state index contributed by atoms with van der Waals surface area (Å²) in [6, 6.07) is 0.511. The maximum absolute atomic E-state index is 5.91. The first-order chi connectivity index (χ1) is 16.9. The van der Waals surface area contributed by atoms with Crippen molar-refractivity contribution >= 4 is 0 Å². The maximum atomic E-state index is 5.91. The Morgan fingerprint density at radius 1 is 0.676 bits per heavy atom. The second-order valence-corrected chi connectivity index (χ2v) is 10.3. The van der Waals surface area contributed by atoms with Crippen LogP contribution in [0.15, 0.2) is 0 Å². The van der Waals surface area contributed by atoms with Crippen molar-refractivity contribution in [3.63, 3.8) is 0 Å². The highest BCUT2D eigenvalue weighted by molar-refractivity contribution is 4.64. The molecular formula is C29H60N2O3. The third-order valence-electron chi connectivity index (χ3n) is 6.90. The molecule has 34 heavy (non-hydrogen) atoms. The van der Waals surface area contributed by atoms with Crippen LogP contribution in [0.1, 0.15) is 149 Å². The number of hydrogen-bond acceptors (Lipinski definition) is 5. The molecule has 0 aromatic carbocycles. The van der Waals surface area contributed by atoms with Crippen LogP contribution in [0.4, 0.5) is 0 Å². The molecule has 5 nitrogen and oxygen atoms in total. The third kappa shape index (κ3) is 21.1. The fraction of sp³-hybridized carbons (Fsp3) is 1.00. The van der Waals surface area contributed by atoms with Crippen LogP contribution in [-0.4, -0.2) is 38.8 Å². The summed E-state index contributed by atoms with van der Waals surface area (Å²) in [7, 11) is 0. The Balaban J connectivity index is 2.05. The first-order valence-electron chi connectivity index (χ1n) is 15.2. The van der Waals surface area contributed by atoms with E-state index in [0.717, 1.165) is 32.8 Å². The summed E-state index contributed by atoms with van der Waals surface area (Å²) >= 11 is 0. The van der Waals surface area contributed by atoms with Crippen LogP contribution in [0.3, 0.4) is 0 Å². The highest BCUT2D eigenvalue weighted by Gasteiger charge is 2.13. The Kier molecular flexibility index (Phi) is 24.2. The van der Waals surface area contributed by atoms with Gasteiger partial charge in [-0.1, -0.05) is 123 Å². The quantitative estimate of drug-likeness (QED) is 0.0913. The summed E-state index contributed by atoms with van der Waals surface area (Å²) in [6.07, 6.45) is 27.6. The molecule has 0 aromatic rings. The van der Waals surface area contributed by atoms with E-state index in [1.165, 1.54) is 128 Å². The van der Waals surface area contributed by atoms with Crippen molar-refractivity contribution < 1.29 is 14.3 Å². The van der Waals surface area contributed by atoms with Crippen molar-refractivity contribution in [1.29, 1.82) is 0 Å². The lowest BCUT2D eigenvalue weighted by molar-refractivity contribution is -0.123. The van der Waals surface area contributed by atoms with Crippen molar-refractivity contribution in [2.24, 2.45) is 0 Å². The van der Waals surface area contributed by atoms with Gasteiger partial charge in [0, 0.05) is 12.6 Å². The minimum Gasteiger partial charge on any atom is -0.340 e. The molecule has 0 bridgehead atoms. The summed E-state index contributed by atoms with van der Waals surface area (Å²) in [5.41, 5.74) is 3.44. The molecule has 0 saturated carbocycles. The van der Waals surface area contributed by atoms with Crippen LogP contribution in [-0.2, 0) is 14.3 Å². The van der Waals surface area contributed by atoms with Crippen LogP contribution in [0.2, 0.25) is 0 Å². The first-order valence-corrected chi connectivity index (χ1v) is 15.2. The number of ether oxygens (including phenoxy) is 2. The van der Waals surface area contributed by atoms with Gasteiger partial charge >= 0.3 is 0 Å². The van der Waals surface area contributed by atoms with Crippen LogP contribution < -0.4 is 10.8 Å². The molecule has 1 aliphatic heterocycles. The molecule has 1 rings (SSSR count). The van der Waals surface area contributed by atoms with Gasteiger partial charge in [-0.3, -0.25) is 5.32 Å². The lowest BCUT2D eigenvalue weighted by atomic mass is 10.0. The van der Waals surface area contributed by atoms with Gasteiger partial charge < -0.3 is 14.3 Å². The summed E-state index contributed by atoms with van der Waals surface area (Å²) in [5, 5.41) is 3.19. The zero-order valence-electron chi connectivity index (χ0n) is 23.1. The SMILES string of the molecule is CCCCCCCCCCONC(CCCCCCCCC)CCCCCCOC1NCCO1. The van der Waals surface area contributed by atoms with E-state index in [1.54, 1.807) is 0 Å². The van der Waals surface area contributed by atoms with E-state index in [4.69, 9.17) is 14.3 Å². The smallest absolute Gasteiger partial charge is 0.216 e. The highest BCUT2D eigenvalue weighted by atomic mass is 16.7. The Bertz CT molecular complexity index is 392. The van der Waals surface area contributed by atoms with E-state index >= 15 is 0 Å². The van der Waals surface area contributed by atoms with Crippen LogP contribution in [0.25, 0.3) is 0 Å². The number of unbranched alkanes of at least 4 members (excludes halogenated alkanes) is 16. The molecule has 0 aliphatic carbocycles. The lowest BCUT2D eigenvalue weighted by Gasteiger charge is -2.19. The number of nitrogens with one attached hydrogen (secondary N) is 2. The van der Waals surface area contributed by atoms with E-state index in [0.29, 0.717) is 6.04 Å². The minimum atomic E-state index is -0.172. The molecule has 2 atom stereocenters. The van der Waals surface area contributed by atoms with Crippen molar-refractivity contribution in [2.45, 2.75) is 161 Å². The Morgan fingerprint density at radius 2 is 1.18 bits per heavy atom. The van der Waals surface area contributed by atoms with E-state index in [2.05, 4.69) is 24.6 Å². The van der Waals surface area contributed by atoms with Gasteiger partial charge in [0.05, 0.1) is 19.8 Å². The van der Waals surface area contributed by atoms with Crippen LogP contribution in [0, 0.1) is 0 Å². The topological polar surface area (TPSA) is 51.8 Å². The molecule has 0 amide bonds. The van der Waals surface area contributed by atoms with Crippen molar-refractivity contribution in [3.8, 4) is 0 Å². The predicted molar refractivity (Wildman–Crippen MR) is 145 cm³/mol. The second kappa shape index (κ2) is 25.9. The Morgan fingerprint density at radius 3 is 1.71 bits per heavy atom. The minimum absolute atomic E-state index is 0.172. The largest absolute Gasteiger partial charge is 0.340 e. The molecule has 5 heteroatoms. The van der Waals surface area contributed by atoms with Crippen LogP contribution in [0.5, 0.6) is 0 Å². The lowest BCUT2D eigenvalue weighted by Crippen LogP contribution is -2.29. The van der Waals surface area contributed by atoms with Gasteiger partial charge in [-0.25, -0.2) is 0 Å². The van der Waals surface area contributed by atoms with Gasteiger partial charge in [0.15, 0.2) is 0 Å². The number of hydrogen-bond donors (Lipinski definition) is 2. The van der Waals surface area contributed by atoms with Gasteiger partial charge in [-0.15, -0.1) is 0 Å². The molecule has 1 fully saturated rings. The average Bonchev–Trinajstić information content (AvgIpc) is 3.37. The zero-order chi connectivity index (χ0) is 24.4. The van der Waals surface area contributed by atoms with Gasteiger partial charge in [0.25, 0.3) is 0 Å². The Hall–Kier alpha value is -0.200. The van der Waals surface area contributed by atoms with Gasteiger partial charge in [0.2, 0.25) is 6.41 Å². The summed E-state index contributed by atoms with van der Waals surface area (Å²) in [5.74, 6) is 0. The van der Waals surface area contributed by atoms with E-state index in [9.17, 15) is 0 Å². The molecule has 0 radical (unpaired) electrons. The molecule has 2 N–H and O–H groups in total. The normalized spacial score (nSPS) is 16.9. The maximum Gasteiger partial charge on any atom is 0.216 e. The predicted octanol–water partition coefficient (Wildman–Crippen LogP) is 8.03. The van der Waals surface area contributed by atoms with Gasteiger partial charge in [-0.2, -0.15) is 5.48 Å². The van der Waals surface area contributed by atoms with Crippen LogP contribution >= 0.6 is 0 Å². The van der Waals surface area contributed by atoms with Crippen molar-refractivity contribution in [1.82, 2.24) is 10.8 Å². The monoisotopic (exact) mass is 484 g/mol. The summed E-state index contributed by atoms with van der Waals surface area (Å²) in [4.78, 5) is 5.91. The zero-order valence-corrected chi connectivity index (χ0v) is 23.1. The van der Waals surface area contributed by atoms with Crippen molar-refractivity contribution in [3.05, 3.63) is 0 Å². The Labute approximate surface area is 212 Å². The fourth-order valence-corrected chi connectivity index (χ4v) is 4.64. The van der Waals surface area contributed by atoms with Crippen molar-refractivity contribution in [2.75, 3.05) is 26.4 Å². The van der Waals surface area contributed by atoms with Gasteiger partial charge in [0.1, 0.15) is 0 Å². The summed E-state index contributed by atoms with van der Waals surface area (Å²) < 4.78 is 11.1.